The number of pyridine rings is 1. The van der Waals surface area contributed by atoms with Gasteiger partial charge in [-0.25, -0.2) is 9.37 Å². The Hall–Kier alpha value is -3.93. The maximum Gasteiger partial charge on any atom is 0.270 e. The van der Waals surface area contributed by atoms with E-state index in [1.807, 2.05) is 0 Å². The van der Waals surface area contributed by atoms with Gasteiger partial charge in [0.05, 0.1) is 20.3 Å². The van der Waals surface area contributed by atoms with Gasteiger partial charge in [-0.3, -0.25) is 9.59 Å². The Kier molecular flexibility index (Phi) is 9.53. The second kappa shape index (κ2) is 13.2. The highest BCUT2D eigenvalue weighted by Gasteiger charge is 2.24. The minimum Gasteiger partial charge on any atom is -0.494 e. The summed E-state index contributed by atoms with van der Waals surface area (Å²) in [5, 5.41) is 18.8. The van der Waals surface area contributed by atoms with E-state index in [1.54, 1.807) is 43.1 Å². The van der Waals surface area contributed by atoms with Crippen molar-refractivity contribution >= 4 is 11.8 Å². The highest BCUT2D eigenvalue weighted by Crippen LogP contribution is 2.26. The molecule has 2 amide bonds. The van der Waals surface area contributed by atoms with Crippen LogP contribution >= 0.6 is 0 Å². The van der Waals surface area contributed by atoms with Gasteiger partial charge < -0.3 is 20.1 Å². The van der Waals surface area contributed by atoms with Crippen LogP contribution in [-0.4, -0.2) is 63.9 Å². The lowest BCUT2D eigenvalue weighted by Crippen LogP contribution is -2.38. The SMILES string of the molecule is COCCC(=O)N[C@H]1CC[C@H](Cn2nnc(-c3cc(C)nc(C(=O)NCc4ccc(F)c(OC)c4)c3)n2)CC1. The van der Waals surface area contributed by atoms with Crippen LogP contribution in [0.4, 0.5) is 4.39 Å². The van der Waals surface area contributed by atoms with Crippen LogP contribution in [0.5, 0.6) is 5.75 Å². The van der Waals surface area contributed by atoms with Crippen LogP contribution in [0.2, 0.25) is 0 Å². The Morgan fingerprint density at radius 3 is 2.67 bits per heavy atom. The number of aryl methyl sites for hydroxylation is 1. The molecule has 0 spiro atoms. The second-order valence-electron chi connectivity index (χ2n) is 9.73. The van der Waals surface area contributed by atoms with Gasteiger partial charge in [-0.05, 0) is 73.6 Å². The lowest BCUT2D eigenvalue weighted by molar-refractivity contribution is -0.122. The van der Waals surface area contributed by atoms with Crippen molar-refractivity contribution in [1.29, 1.82) is 0 Å². The second-order valence-corrected chi connectivity index (χ2v) is 9.73. The molecule has 0 atom stereocenters. The molecule has 208 valence electrons. The third-order valence-corrected chi connectivity index (χ3v) is 6.73. The number of benzene rings is 1. The quantitative estimate of drug-likeness (QED) is 0.380. The Morgan fingerprint density at radius 2 is 1.92 bits per heavy atom. The maximum absolute atomic E-state index is 13.6. The molecule has 0 unspecified atom stereocenters. The van der Waals surface area contributed by atoms with Gasteiger partial charge >= 0.3 is 0 Å². The summed E-state index contributed by atoms with van der Waals surface area (Å²) in [4.78, 5) is 30.7. The molecule has 0 bridgehead atoms. The summed E-state index contributed by atoms with van der Waals surface area (Å²) in [7, 11) is 2.98. The highest BCUT2D eigenvalue weighted by atomic mass is 19.1. The van der Waals surface area contributed by atoms with E-state index in [0.29, 0.717) is 48.1 Å². The van der Waals surface area contributed by atoms with Crippen LogP contribution in [0.25, 0.3) is 11.4 Å². The minimum absolute atomic E-state index is 0.0271. The standard InChI is InChI=1S/C27H34FN7O4/c1-17-12-20(14-23(30-17)27(37)29-15-19-6-9-22(28)24(13-19)39-3)26-32-34-35(33-26)16-18-4-7-21(8-5-18)31-25(36)10-11-38-2/h6,9,12-14,18,21H,4-5,7-8,10-11,15-16H2,1-3H3,(H,29,37)(H,31,36)/t18-,21-. The number of hydrogen-bond acceptors (Lipinski definition) is 8. The Balaban J connectivity index is 1.33. The van der Waals surface area contributed by atoms with Crippen molar-refractivity contribution in [3.05, 3.63) is 53.1 Å². The highest BCUT2D eigenvalue weighted by molar-refractivity contribution is 5.93. The van der Waals surface area contributed by atoms with Gasteiger partial charge in [0.15, 0.2) is 11.6 Å². The molecule has 1 aliphatic rings. The summed E-state index contributed by atoms with van der Waals surface area (Å²) in [5.41, 5.74) is 2.20. The number of carbonyl (C=O) groups is 2. The van der Waals surface area contributed by atoms with Gasteiger partial charge in [0.2, 0.25) is 11.7 Å². The maximum atomic E-state index is 13.6. The van der Waals surface area contributed by atoms with Crippen molar-refractivity contribution in [3.63, 3.8) is 0 Å². The van der Waals surface area contributed by atoms with Gasteiger partial charge in [0, 0.05) is 37.4 Å². The van der Waals surface area contributed by atoms with Crippen molar-refractivity contribution < 1.29 is 23.5 Å². The van der Waals surface area contributed by atoms with E-state index in [2.05, 4.69) is 31.0 Å². The number of halogens is 1. The molecule has 0 aliphatic heterocycles. The first-order valence-electron chi connectivity index (χ1n) is 13.0. The number of amides is 2. The number of rotatable bonds is 11. The molecule has 0 radical (unpaired) electrons. The zero-order valence-corrected chi connectivity index (χ0v) is 22.4. The molecule has 11 nitrogen and oxygen atoms in total. The zero-order valence-electron chi connectivity index (χ0n) is 22.4. The fourth-order valence-electron chi connectivity index (χ4n) is 4.65. The topological polar surface area (TPSA) is 133 Å². The summed E-state index contributed by atoms with van der Waals surface area (Å²) in [6.07, 6.45) is 4.13. The largest absolute Gasteiger partial charge is 0.494 e. The van der Waals surface area contributed by atoms with Crippen LogP contribution in [-0.2, 0) is 22.6 Å². The lowest BCUT2D eigenvalue weighted by Gasteiger charge is -2.28. The molecule has 3 aromatic rings. The molecule has 4 rings (SSSR count). The first kappa shape index (κ1) is 28.1. The number of carbonyl (C=O) groups excluding carboxylic acids is 2. The van der Waals surface area contributed by atoms with E-state index in [4.69, 9.17) is 9.47 Å². The van der Waals surface area contributed by atoms with Crippen LogP contribution in [0, 0.1) is 18.7 Å². The van der Waals surface area contributed by atoms with Crippen molar-refractivity contribution in [2.45, 2.75) is 58.2 Å². The summed E-state index contributed by atoms with van der Waals surface area (Å²) in [5.74, 6) is 0.111. The van der Waals surface area contributed by atoms with Gasteiger partial charge in [-0.2, -0.15) is 4.80 Å². The van der Waals surface area contributed by atoms with Crippen molar-refractivity contribution in [1.82, 2.24) is 35.8 Å². The van der Waals surface area contributed by atoms with Gasteiger partial charge in [0.1, 0.15) is 5.69 Å². The molecular weight excluding hydrogens is 505 g/mol. The fourth-order valence-corrected chi connectivity index (χ4v) is 4.65. The predicted molar refractivity (Wildman–Crippen MR) is 140 cm³/mol. The Labute approximate surface area is 226 Å². The Morgan fingerprint density at radius 1 is 1.13 bits per heavy atom. The number of nitrogens with zero attached hydrogens (tertiary/aromatic N) is 5. The monoisotopic (exact) mass is 539 g/mol. The van der Waals surface area contributed by atoms with Crippen LogP contribution in [0.3, 0.4) is 0 Å². The number of ether oxygens (including phenoxy) is 2. The average molecular weight is 540 g/mol. The van der Waals surface area contributed by atoms with Gasteiger partial charge in [0.25, 0.3) is 5.91 Å². The van der Waals surface area contributed by atoms with Gasteiger partial charge in [-0.1, -0.05) is 6.07 Å². The zero-order chi connectivity index (χ0) is 27.8. The molecule has 2 N–H and O–H groups in total. The summed E-state index contributed by atoms with van der Waals surface area (Å²) in [6, 6.07) is 8.05. The van der Waals surface area contributed by atoms with E-state index in [0.717, 1.165) is 25.7 Å². The molecule has 1 aromatic carbocycles. The third-order valence-electron chi connectivity index (χ3n) is 6.73. The molecule has 2 aromatic heterocycles. The summed E-state index contributed by atoms with van der Waals surface area (Å²) >= 11 is 0. The van der Waals surface area contributed by atoms with E-state index in [9.17, 15) is 14.0 Å². The van der Waals surface area contributed by atoms with E-state index in [-0.39, 0.29) is 35.8 Å². The lowest BCUT2D eigenvalue weighted by atomic mass is 9.86. The number of aromatic nitrogens is 5. The van der Waals surface area contributed by atoms with Crippen LogP contribution in [0.15, 0.2) is 30.3 Å². The Bertz CT molecular complexity index is 1290. The number of tetrazole rings is 1. The fraction of sp³-hybridized carbons (Fsp3) is 0.481. The van der Waals surface area contributed by atoms with E-state index >= 15 is 0 Å². The van der Waals surface area contributed by atoms with E-state index in [1.165, 1.54) is 13.2 Å². The predicted octanol–water partition coefficient (Wildman–Crippen LogP) is 2.83. The van der Waals surface area contributed by atoms with Gasteiger partial charge in [-0.15, -0.1) is 10.2 Å². The summed E-state index contributed by atoms with van der Waals surface area (Å²) in [6.45, 7) is 3.04. The summed E-state index contributed by atoms with van der Waals surface area (Å²) < 4.78 is 23.6. The first-order chi connectivity index (χ1) is 18.8. The average Bonchev–Trinajstić information content (AvgIpc) is 3.40. The normalized spacial score (nSPS) is 17.0. The molecule has 2 heterocycles. The number of methoxy groups -OCH3 is 2. The first-order valence-corrected chi connectivity index (χ1v) is 13.0. The molecule has 0 saturated heterocycles. The van der Waals surface area contributed by atoms with Crippen molar-refractivity contribution in [2.75, 3.05) is 20.8 Å². The van der Waals surface area contributed by atoms with E-state index < -0.39 is 5.82 Å². The molecule has 1 saturated carbocycles. The van der Waals surface area contributed by atoms with Crippen LogP contribution < -0.4 is 15.4 Å². The third kappa shape index (κ3) is 7.79. The van der Waals surface area contributed by atoms with Crippen LogP contribution in [0.1, 0.15) is 53.8 Å². The smallest absolute Gasteiger partial charge is 0.270 e. The molecular formula is C27H34FN7O4. The number of hydrogen-bond donors (Lipinski definition) is 2. The van der Waals surface area contributed by atoms with Crippen molar-refractivity contribution in [3.8, 4) is 17.1 Å². The number of nitrogens with one attached hydrogen (secondary N) is 2. The molecule has 1 fully saturated rings. The minimum atomic E-state index is -0.465. The van der Waals surface area contributed by atoms with Crippen molar-refractivity contribution in [2.24, 2.45) is 5.92 Å². The molecule has 39 heavy (non-hydrogen) atoms. The molecule has 1 aliphatic carbocycles. The molecule has 12 heteroatoms.